The highest BCUT2D eigenvalue weighted by Crippen LogP contribution is 2.50. The molecule has 0 spiro atoms. The second-order valence-corrected chi connectivity index (χ2v) is 26.5. The van der Waals surface area contributed by atoms with Crippen LogP contribution in [0.25, 0.3) is 11.1 Å². The molecule has 11 bridgehead atoms. The van der Waals surface area contributed by atoms with Crippen molar-refractivity contribution < 1.29 is 108 Å². The molecule has 0 aromatic heterocycles. The number of aliphatic hydroxyl groups is 7. The Kier molecular flexibility index (Phi) is 22.4. The summed E-state index contributed by atoms with van der Waals surface area (Å²) in [6.45, 7) is 4.83. The first-order valence-electron chi connectivity index (χ1n) is 31.7. The molecule has 538 valence electrons. The molecule has 0 saturated carbocycles. The number of hydrogen-bond donors (Lipinski definition) is 19. The molecule has 5 aromatic rings. The lowest BCUT2D eigenvalue weighted by molar-refractivity contribution is -0.333. The number of hydrogen-bond acceptors (Lipinski definition) is 26. The van der Waals surface area contributed by atoms with Gasteiger partial charge in [-0.25, -0.2) is 0 Å². The topological polar surface area (TPSA) is 523 Å². The molecule has 7 aliphatic heterocycles. The summed E-state index contributed by atoms with van der Waals surface area (Å²) in [4.78, 5) is 92.5. The van der Waals surface area contributed by atoms with Crippen molar-refractivity contribution in [3.8, 4) is 57.1 Å². The molecule has 32 nitrogen and oxygen atoms in total. The summed E-state index contributed by atoms with van der Waals surface area (Å²) < 4.78 is 38.6. The predicted molar refractivity (Wildman–Crippen MR) is 352 cm³/mol. The molecule has 5 aromatic carbocycles. The summed E-state index contributed by atoms with van der Waals surface area (Å²) in [7, 11) is 1.49. The van der Waals surface area contributed by atoms with Crippen LogP contribution in [-0.4, -0.2) is 192 Å². The Labute approximate surface area is 580 Å². The lowest BCUT2D eigenvalue weighted by Gasteiger charge is -2.47. The van der Waals surface area contributed by atoms with Crippen molar-refractivity contribution >= 4 is 64.5 Å². The van der Waals surface area contributed by atoms with E-state index >= 15 is 9.59 Å². The highest BCUT2D eigenvalue weighted by Gasteiger charge is 2.51. The smallest absolute Gasteiger partial charge is 0.250 e. The van der Waals surface area contributed by atoms with Gasteiger partial charge in [0.15, 0.2) is 29.9 Å². The lowest BCUT2D eigenvalue weighted by atomic mass is 9.86. The molecule has 7 heterocycles. The minimum atomic E-state index is -2.09. The molecule has 6 amide bonds. The number of rotatable bonds is 13. The number of ether oxygens (including phenoxy) is 6. The number of benzene rings is 5. The molecule has 0 aliphatic carbocycles. The van der Waals surface area contributed by atoms with Gasteiger partial charge in [0.1, 0.15) is 89.3 Å². The second-order valence-electron chi connectivity index (χ2n) is 25.7. The number of aromatic hydroxyl groups is 3. The standard InChI is InChI=1S/C66H78Cl2N10O22/c1-24(2)12-35(72-5)60(90)77-50-52(85)27-7-10-40(33(67)14-27)96-42-16-29-17-43(56(42)100-65-57(55(88)54(87)44(23-80)98-65)99-46-21-66(4,71)58(89)25(3)95-46)97-41-11-8-28(15-34(41)68)53(86)51-64(94)74-37(22-79)31-18-30(81)19-39(83)47(31)32-13-26(6-9-38(32)82)49(62(92)78-51)75-59(70)48(29)76-61(91)36(20-45(69)84)73-63(50)93/h6-11,13-19,24-25,35-37,44,46,48-55,57-58,65,72,79-83,85-89H,12,20-23,71H2,1-5H3,(H2,69,84)(H2,70,75)(H,73,93)(H,74,94)(H,76,91)(H,77,90)(H,78,92)/t25-,35+,36-,37+,44?,46-,48+,49+,50+,51-,52+,53+,54?,55-,57+,58+,65-,66?/m0/s1. The average Bonchev–Trinajstić information content (AvgIpc) is 0.770. The van der Waals surface area contributed by atoms with Gasteiger partial charge in [-0.05, 0) is 116 Å². The van der Waals surface area contributed by atoms with E-state index in [4.69, 9.17) is 68.8 Å². The second kappa shape index (κ2) is 30.2. The van der Waals surface area contributed by atoms with E-state index in [0.717, 1.165) is 36.4 Å². The molecule has 22 N–H and O–H groups in total. The fourth-order valence-corrected chi connectivity index (χ4v) is 13.0. The number of halogens is 2. The number of carbonyl (C=O) groups is 6. The largest absolute Gasteiger partial charge is 0.508 e. The number of fused-ring (bicyclic) bond motifs is 14. The zero-order chi connectivity index (χ0) is 72.7. The Morgan fingerprint density at radius 2 is 1.37 bits per heavy atom. The summed E-state index contributed by atoms with van der Waals surface area (Å²) in [6.07, 6.45) is -17.9. The van der Waals surface area contributed by atoms with Crippen LogP contribution in [0, 0.1) is 5.92 Å². The maximum absolute atomic E-state index is 15.4. The van der Waals surface area contributed by atoms with Crippen LogP contribution in [0.4, 0.5) is 0 Å². The summed E-state index contributed by atoms with van der Waals surface area (Å²) in [6, 6.07) is 2.24. The third-order valence-corrected chi connectivity index (χ3v) is 18.4. The van der Waals surface area contributed by atoms with Gasteiger partial charge in [0.05, 0.1) is 54.0 Å². The summed E-state index contributed by atoms with van der Waals surface area (Å²) in [5.74, 6) is -11.9. The Morgan fingerprint density at radius 1 is 0.740 bits per heavy atom. The van der Waals surface area contributed by atoms with Crippen LogP contribution in [0.3, 0.4) is 0 Å². The molecule has 0 radical (unpaired) electrons. The lowest BCUT2D eigenvalue weighted by Crippen LogP contribution is -2.64. The minimum absolute atomic E-state index is 0.0737. The molecule has 2 fully saturated rings. The SMILES string of the molecule is CN[C@H](CC(C)C)C(=O)N[C@H]1C(=O)N[C@@H](CC(N)=O)C(=O)N[C@H]2C(N)=N[C@H]3C(=O)N[C@H](C(=O)N[C@H](CO)c4cc(O)cc(O)c4-c4cc3ccc4O)[C@H](O)c3ccc(c(Cl)c3)Oc3cc2cc(c3O[C@@H]2OC(CO)C(O)[C@H](O)[C@H]2O[C@H]2CC(C)(N)[C@H](O)[C@H](C)O2)Oc2ccc(cc2Cl)[C@H]1O. The average molecular weight is 1430 g/mol. The summed E-state index contributed by atoms with van der Waals surface area (Å²) >= 11 is 14.2. The number of primary amides is 1. The minimum Gasteiger partial charge on any atom is -0.508 e. The highest BCUT2D eigenvalue weighted by atomic mass is 35.5. The fraction of sp³-hybridized carbons (Fsp3) is 0.439. The Balaban J connectivity index is 1.26. The quantitative estimate of drug-likeness (QED) is 0.0751. The first-order valence-corrected chi connectivity index (χ1v) is 32.4. The number of amides is 6. The van der Waals surface area contributed by atoms with Crippen LogP contribution in [0.15, 0.2) is 83.9 Å². The van der Waals surface area contributed by atoms with Crippen molar-refractivity contribution in [2.24, 2.45) is 28.1 Å². The van der Waals surface area contributed by atoms with Crippen molar-refractivity contribution in [2.75, 3.05) is 20.3 Å². The Hall–Kier alpha value is -8.71. The molecule has 3 unspecified atom stereocenters. The van der Waals surface area contributed by atoms with Crippen LogP contribution in [-0.2, 0) is 43.0 Å². The third-order valence-electron chi connectivity index (χ3n) is 17.8. The highest BCUT2D eigenvalue weighted by molar-refractivity contribution is 6.32. The van der Waals surface area contributed by atoms with E-state index in [2.05, 4.69) is 36.9 Å². The van der Waals surface area contributed by atoms with Crippen LogP contribution in [0.2, 0.25) is 10.0 Å². The number of nitrogens with zero attached hydrogens (tertiary/aromatic N) is 1. The number of amidine groups is 1. The van der Waals surface area contributed by atoms with Crippen LogP contribution < -0.4 is 63.3 Å². The summed E-state index contributed by atoms with van der Waals surface area (Å²) in [5.41, 5.74) is 16.6. The molecule has 7 aliphatic rings. The van der Waals surface area contributed by atoms with Gasteiger partial charge >= 0.3 is 0 Å². The van der Waals surface area contributed by atoms with E-state index in [1.54, 1.807) is 0 Å². The molecule has 100 heavy (non-hydrogen) atoms. The van der Waals surface area contributed by atoms with E-state index < -0.39 is 205 Å². The Morgan fingerprint density at radius 3 is 1.96 bits per heavy atom. The number of likely N-dealkylation sites (N-methyl/N-ethyl adjacent to an activating group) is 1. The van der Waals surface area contributed by atoms with Crippen molar-refractivity contribution in [3.05, 3.63) is 117 Å². The van der Waals surface area contributed by atoms with Crippen LogP contribution in [0.5, 0.6) is 46.0 Å². The predicted octanol–water partition coefficient (Wildman–Crippen LogP) is 0.255. The zero-order valence-corrected chi connectivity index (χ0v) is 55.8. The molecular weight excluding hydrogens is 1360 g/mol. The van der Waals surface area contributed by atoms with Crippen molar-refractivity contribution in [3.63, 3.8) is 0 Å². The molecule has 18 atom stereocenters. The normalized spacial score (nSPS) is 29.7. The first kappa shape index (κ1) is 74.0. The number of nitrogens with two attached hydrogens (primary N) is 3. The summed E-state index contributed by atoms with van der Waals surface area (Å²) in [5, 5.41) is 129. The fourth-order valence-electron chi connectivity index (χ4n) is 12.5. The van der Waals surface area contributed by atoms with Gasteiger partial charge < -0.3 is 129 Å². The van der Waals surface area contributed by atoms with Gasteiger partial charge in [-0.15, -0.1) is 0 Å². The number of phenolic OH excluding ortho intramolecular Hbond substituents is 3. The van der Waals surface area contributed by atoms with Crippen LogP contribution in [0.1, 0.15) is 105 Å². The number of aliphatic hydroxyl groups excluding tert-OH is 7. The van der Waals surface area contributed by atoms with Crippen molar-refractivity contribution in [1.82, 2.24) is 31.9 Å². The van der Waals surface area contributed by atoms with E-state index in [1.165, 1.54) is 63.4 Å². The van der Waals surface area contributed by atoms with Crippen molar-refractivity contribution in [1.29, 1.82) is 0 Å². The monoisotopic (exact) mass is 1430 g/mol. The van der Waals surface area contributed by atoms with Crippen LogP contribution >= 0.6 is 23.2 Å². The van der Waals surface area contributed by atoms with Crippen molar-refractivity contribution in [2.45, 2.75) is 156 Å². The zero-order valence-electron chi connectivity index (χ0n) is 54.2. The maximum atomic E-state index is 15.4. The van der Waals surface area contributed by atoms with Gasteiger partial charge in [-0.3, -0.25) is 33.8 Å². The van der Waals surface area contributed by atoms with E-state index in [0.29, 0.717) is 0 Å². The Bertz CT molecular complexity index is 4000. The molecular formula is C66H78Cl2N10O22. The van der Waals surface area contributed by atoms with Gasteiger partial charge in [0.25, 0.3) is 0 Å². The van der Waals surface area contributed by atoms with E-state index in [9.17, 15) is 70.2 Å². The number of nitrogens with one attached hydrogen (secondary N) is 6. The number of phenols is 3. The number of aliphatic imine (C=N–C) groups is 1. The van der Waals surface area contributed by atoms with E-state index in [-0.39, 0.29) is 79.2 Å². The molecule has 34 heteroatoms. The van der Waals surface area contributed by atoms with E-state index in [1.807, 2.05) is 13.8 Å². The van der Waals surface area contributed by atoms with Gasteiger partial charge in [-0.1, -0.05) is 55.2 Å². The van der Waals surface area contributed by atoms with Gasteiger partial charge in [0.2, 0.25) is 47.5 Å². The third kappa shape index (κ3) is 15.6. The number of carbonyl (C=O) groups excluding carboxylic acids is 6. The molecule has 12 rings (SSSR count). The van der Waals surface area contributed by atoms with Gasteiger partial charge in [-0.2, -0.15) is 0 Å². The van der Waals surface area contributed by atoms with Gasteiger partial charge in [0, 0.05) is 29.2 Å². The molecule has 2 saturated heterocycles. The maximum Gasteiger partial charge on any atom is 0.250 e. The first-order chi connectivity index (χ1) is 47.3.